The highest BCUT2D eigenvalue weighted by molar-refractivity contribution is 7.94. The minimum absolute atomic E-state index is 0.0502. The second-order valence-corrected chi connectivity index (χ2v) is 13.7. The van der Waals surface area contributed by atoms with Gasteiger partial charge in [0.05, 0.1) is 34.5 Å². The number of rotatable bonds is 9. The third kappa shape index (κ3) is 6.32. The summed E-state index contributed by atoms with van der Waals surface area (Å²) in [4.78, 5) is 33.6. The van der Waals surface area contributed by atoms with Crippen molar-refractivity contribution in [2.75, 3.05) is 22.6 Å². The predicted molar refractivity (Wildman–Crippen MR) is 158 cm³/mol. The number of fused-ring (bicyclic) bond motifs is 2. The SMILES string of the molecule is CS(=O)(=O)c1nc(F)c(Cl)c(Nc2ccc(Nc3cc(S(=O)(=O)O)c(N)c4c3C(=O)c3ccc(SOOO)cc3C4=O)cc2)n1. The lowest BCUT2D eigenvalue weighted by molar-refractivity contribution is -0.432. The first-order valence-corrected chi connectivity index (χ1v) is 16.4. The molecule has 0 bridgehead atoms. The summed E-state index contributed by atoms with van der Waals surface area (Å²) in [7, 11) is -8.96. The van der Waals surface area contributed by atoms with Gasteiger partial charge in [0.1, 0.15) is 9.92 Å². The highest BCUT2D eigenvalue weighted by Gasteiger charge is 2.37. The maximum atomic E-state index is 14.1. The Bertz CT molecular complexity index is 2130. The number of nitrogens with zero attached hydrogens (tertiary/aromatic N) is 2. The Hall–Kier alpha value is -4.21. The monoisotopic (exact) mass is 697 g/mol. The molecule has 0 spiro atoms. The number of nitrogens with one attached hydrogen (secondary N) is 2. The standard InChI is InChI=1S/C25H17ClFN5O10S3/c1-44(36,37)25-31-23(27)19(26)24(32-25)30-11-4-2-10(3-5-11)29-15-9-16(45(38,39)40)20(28)18-17(15)21(33)13-7-6-12(43-42-41-35)8-14(13)22(18)34/h2-9,29,35H,28H2,1H3,(H,30,31,32)(H,38,39,40). The first-order valence-electron chi connectivity index (χ1n) is 12.0. The van der Waals surface area contributed by atoms with Crippen LogP contribution in [0.4, 0.5) is 33.0 Å². The molecule has 45 heavy (non-hydrogen) atoms. The predicted octanol–water partition coefficient (Wildman–Crippen LogP) is 4.19. The van der Waals surface area contributed by atoms with Crippen LogP contribution in [0, 0.1) is 5.95 Å². The number of nitrogens with two attached hydrogens (primary N) is 1. The Morgan fingerprint density at radius 2 is 1.56 bits per heavy atom. The second kappa shape index (κ2) is 11.9. The molecule has 1 aliphatic carbocycles. The number of sulfone groups is 1. The molecule has 20 heteroatoms. The fourth-order valence-electron chi connectivity index (χ4n) is 4.32. The minimum atomic E-state index is -4.99. The average Bonchev–Trinajstić information content (AvgIpc) is 2.97. The molecule has 1 aromatic heterocycles. The molecule has 0 radical (unpaired) electrons. The van der Waals surface area contributed by atoms with Gasteiger partial charge in [-0.15, -0.1) is 4.33 Å². The third-order valence-electron chi connectivity index (χ3n) is 6.25. The van der Waals surface area contributed by atoms with Gasteiger partial charge in [-0.2, -0.15) is 22.8 Å². The molecule has 3 aromatic carbocycles. The van der Waals surface area contributed by atoms with Gasteiger partial charge in [-0.05, 0) is 48.5 Å². The largest absolute Gasteiger partial charge is 0.397 e. The van der Waals surface area contributed by atoms with E-state index in [1.165, 1.54) is 42.5 Å². The van der Waals surface area contributed by atoms with Crippen molar-refractivity contribution in [3.63, 3.8) is 0 Å². The zero-order chi connectivity index (χ0) is 32.8. The minimum Gasteiger partial charge on any atom is -0.397 e. The molecule has 0 unspecified atom stereocenters. The third-order valence-corrected chi connectivity index (χ3v) is 8.90. The molecular weight excluding hydrogens is 681 g/mol. The molecule has 5 rings (SSSR count). The van der Waals surface area contributed by atoms with Crippen LogP contribution in [-0.4, -0.2) is 54.4 Å². The van der Waals surface area contributed by atoms with Crippen LogP contribution in [0.15, 0.2) is 63.5 Å². The van der Waals surface area contributed by atoms with Gasteiger partial charge in [-0.3, -0.25) is 14.1 Å². The number of ketones is 2. The number of halogens is 2. The van der Waals surface area contributed by atoms with Crippen molar-refractivity contribution in [2.24, 2.45) is 0 Å². The highest BCUT2D eigenvalue weighted by atomic mass is 35.5. The number of anilines is 5. The van der Waals surface area contributed by atoms with E-state index in [2.05, 4.69) is 30.0 Å². The van der Waals surface area contributed by atoms with Crippen LogP contribution in [-0.2, 0) is 29.3 Å². The van der Waals surface area contributed by atoms with Crippen molar-refractivity contribution in [3.8, 4) is 0 Å². The van der Waals surface area contributed by atoms with Crippen LogP contribution in [0.5, 0.6) is 0 Å². The Labute approximate surface area is 262 Å². The van der Waals surface area contributed by atoms with Crippen LogP contribution in [0.3, 0.4) is 0 Å². The second-order valence-electron chi connectivity index (χ2n) is 9.21. The van der Waals surface area contributed by atoms with Crippen LogP contribution in [0.25, 0.3) is 0 Å². The van der Waals surface area contributed by atoms with Gasteiger partial charge in [0, 0.05) is 33.7 Å². The fraction of sp³-hybridized carbons (Fsp3) is 0.0400. The molecular formula is C25H17ClFN5O10S3. The lowest BCUT2D eigenvalue weighted by Gasteiger charge is -2.24. The molecule has 0 saturated carbocycles. The lowest BCUT2D eigenvalue weighted by atomic mass is 9.82. The van der Waals surface area contributed by atoms with Crippen molar-refractivity contribution in [1.29, 1.82) is 0 Å². The van der Waals surface area contributed by atoms with E-state index in [9.17, 15) is 35.4 Å². The number of carbonyl (C=O) groups excluding carboxylic acids is 2. The van der Waals surface area contributed by atoms with E-state index < -0.39 is 63.8 Å². The average molecular weight is 698 g/mol. The number of nitrogen functional groups attached to an aromatic ring is 1. The molecule has 15 nitrogen and oxygen atoms in total. The topological polar surface area (TPSA) is 237 Å². The summed E-state index contributed by atoms with van der Waals surface area (Å²) < 4.78 is 76.4. The lowest BCUT2D eigenvalue weighted by Crippen LogP contribution is -2.25. The molecule has 0 fully saturated rings. The van der Waals surface area contributed by atoms with Gasteiger partial charge >= 0.3 is 0 Å². The summed E-state index contributed by atoms with van der Waals surface area (Å²) in [6.45, 7) is 0. The summed E-state index contributed by atoms with van der Waals surface area (Å²) in [6.07, 6.45) is 0.792. The van der Waals surface area contributed by atoms with Crippen LogP contribution >= 0.6 is 23.6 Å². The molecule has 4 aromatic rings. The van der Waals surface area contributed by atoms with Crippen LogP contribution < -0.4 is 16.4 Å². The van der Waals surface area contributed by atoms with Gasteiger partial charge < -0.3 is 16.4 Å². The molecule has 1 heterocycles. The van der Waals surface area contributed by atoms with E-state index in [4.69, 9.17) is 22.6 Å². The summed E-state index contributed by atoms with van der Waals surface area (Å²) in [5.41, 5.74) is 4.71. The number of benzene rings is 3. The summed E-state index contributed by atoms with van der Waals surface area (Å²) in [6, 6.07) is 10.6. The van der Waals surface area contributed by atoms with E-state index in [1.807, 2.05) is 0 Å². The quantitative estimate of drug-likeness (QED) is 0.0276. The van der Waals surface area contributed by atoms with Gasteiger partial charge in [-0.25, -0.2) is 13.7 Å². The summed E-state index contributed by atoms with van der Waals surface area (Å²) >= 11 is 6.42. The Balaban J connectivity index is 1.54. The Morgan fingerprint density at radius 1 is 0.933 bits per heavy atom. The van der Waals surface area contributed by atoms with Gasteiger partial charge in [-0.1, -0.05) is 16.6 Å². The molecule has 6 N–H and O–H groups in total. The fourth-order valence-corrected chi connectivity index (χ4v) is 6.00. The number of hydrogen-bond donors (Lipinski definition) is 5. The van der Waals surface area contributed by atoms with Crippen molar-refractivity contribution in [1.82, 2.24) is 9.97 Å². The van der Waals surface area contributed by atoms with E-state index in [0.29, 0.717) is 12.0 Å². The summed E-state index contributed by atoms with van der Waals surface area (Å²) in [5, 5.41) is 16.1. The van der Waals surface area contributed by atoms with Crippen LogP contribution in [0.1, 0.15) is 31.8 Å². The van der Waals surface area contributed by atoms with Gasteiger partial charge in [0.2, 0.25) is 15.8 Å². The number of carbonyl (C=O) groups is 2. The maximum Gasteiger partial charge on any atom is 0.296 e. The van der Waals surface area contributed by atoms with Gasteiger partial charge in [0.15, 0.2) is 17.4 Å². The normalized spacial score (nSPS) is 12.9. The molecule has 234 valence electrons. The van der Waals surface area contributed by atoms with E-state index in [-0.39, 0.29) is 44.5 Å². The molecule has 0 atom stereocenters. The number of hydrogen-bond acceptors (Lipinski definition) is 15. The Morgan fingerprint density at radius 3 is 2.16 bits per heavy atom. The molecule has 0 saturated heterocycles. The first kappa shape index (κ1) is 32.2. The van der Waals surface area contributed by atoms with Crippen molar-refractivity contribution >= 4 is 83.7 Å². The van der Waals surface area contributed by atoms with Crippen LogP contribution in [0.2, 0.25) is 5.02 Å². The zero-order valence-electron chi connectivity index (χ0n) is 22.2. The maximum absolute atomic E-state index is 14.1. The smallest absolute Gasteiger partial charge is 0.296 e. The van der Waals surface area contributed by atoms with E-state index in [1.54, 1.807) is 0 Å². The van der Waals surface area contributed by atoms with Crippen molar-refractivity contribution < 1.29 is 50.0 Å². The zero-order valence-corrected chi connectivity index (χ0v) is 25.4. The molecule has 0 amide bonds. The first-order chi connectivity index (χ1) is 21.1. The molecule has 1 aliphatic rings. The van der Waals surface area contributed by atoms with Crippen molar-refractivity contribution in [2.45, 2.75) is 14.9 Å². The van der Waals surface area contributed by atoms with E-state index >= 15 is 0 Å². The summed E-state index contributed by atoms with van der Waals surface area (Å²) in [5.74, 6) is -3.14. The van der Waals surface area contributed by atoms with Crippen molar-refractivity contribution in [3.05, 3.63) is 81.8 Å². The Kier molecular flexibility index (Phi) is 8.55. The van der Waals surface area contributed by atoms with Gasteiger partial charge in [0.25, 0.3) is 15.3 Å². The number of aromatic nitrogens is 2. The molecule has 0 aliphatic heterocycles. The van der Waals surface area contributed by atoms with E-state index in [0.717, 1.165) is 12.3 Å². The highest BCUT2D eigenvalue weighted by Crippen LogP contribution is 2.41.